The normalized spacial score (nSPS) is 10.0. The van der Waals surface area contributed by atoms with Gasteiger partial charge in [-0.2, -0.15) is 0 Å². The molecular weight excluding hydrogens is 405 g/mol. The van der Waals surface area contributed by atoms with Gasteiger partial charge in [0.05, 0.1) is 43.0 Å². The number of carbonyl (C=O) groups is 3. The van der Waals surface area contributed by atoms with Crippen molar-refractivity contribution in [2.75, 3.05) is 19.6 Å². The average Bonchev–Trinajstić information content (AvgIpc) is 3.17. The number of rotatable bonds is 8. The van der Waals surface area contributed by atoms with Crippen LogP contribution in [0.3, 0.4) is 0 Å². The van der Waals surface area contributed by atoms with Gasteiger partial charge in [-0.3, -0.25) is 14.4 Å². The summed E-state index contributed by atoms with van der Waals surface area (Å²) < 4.78 is 5.19. The summed E-state index contributed by atoms with van der Waals surface area (Å²) in [7, 11) is 0. The molecule has 0 unspecified atom stereocenters. The third-order valence-electron chi connectivity index (χ3n) is 3.58. The van der Waals surface area contributed by atoms with Gasteiger partial charge in [-0.05, 0) is 30.3 Å². The molecule has 1 aromatic heterocycles. The molecule has 9 heteroatoms. The molecule has 2 N–H and O–H groups in total. The van der Waals surface area contributed by atoms with E-state index in [1.165, 1.54) is 29.4 Å². The zero-order valence-corrected chi connectivity index (χ0v) is 16.2. The largest absolute Gasteiger partial charge is 0.467 e. The maximum atomic E-state index is 12.3. The number of hydrogen-bond acceptors (Lipinski definition) is 4. The van der Waals surface area contributed by atoms with Crippen LogP contribution in [0.15, 0.2) is 41.0 Å². The van der Waals surface area contributed by atoms with Gasteiger partial charge in [0.25, 0.3) is 5.91 Å². The first-order valence-electron chi connectivity index (χ1n) is 8.14. The van der Waals surface area contributed by atoms with Crippen molar-refractivity contribution in [2.24, 2.45) is 0 Å². The molecule has 0 fully saturated rings. The number of carbonyl (C=O) groups excluding carboxylic acids is 3. The number of furan rings is 1. The maximum Gasteiger partial charge on any atom is 0.253 e. The van der Waals surface area contributed by atoms with Crippen LogP contribution in [0, 0.1) is 12.3 Å². The zero-order valence-electron chi connectivity index (χ0n) is 14.7. The minimum absolute atomic E-state index is 0.0706. The molecular formula is C19H17Cl2N3O4. The van der Waals surface area contributed by atoms with Crippen LogP contribution in [0.4, 0.5) is 0 Å². The Balaban J connectivity index is 1.81. The van der Waals surface area contributed by atoms with Gasteiger partial charge in [-0.1, -0.05) is 29.1 Å². The minimum atomic E-state index is -0.537. The summed E-state index contributed by atoms with van der Waals surface area (Å²) in [6.07, 6.45) is 6.77. The van der Waals surface area contributed by atoms with Crippen molar-refractivity contribution in [1.82, 2.24) is 15.5 Å². The summed E-state index contributed by atoms with van der Waals surface area (Å²) in [6, 6.07) is 7.81. The van der Waals surface area contributed by atoms with Crippen molar-refractivity contribution >= 4 is 40.9 Å². The molecule has 2 rings (SSSR count). The number of amides is 3. The van der Waals surface area contributed by atoms with Crippen LogP contribution in [0.5, 0.6) is 0 Å². The highest BCUT2D eigenvalue weighted by atomic mass is 35.5. The molecule has 3 amide bonds. The van der Waals surface area contributed by atoms with E-state index >= 15 is 0 Å². The highest BCUT2D eigenvalue weighted by Crippen LogP contribution is 2.20. The standard InChI is InChI=1S/C19H17Cl2N3O4/c1-2-7-24(12-14-4-3-8-28-14)18(26)11-22-17(25)10-23-19(27)15-6-5-13(20)9-16(15)21/h1,3-6,8-9H,7,10-12H2,(H,22,25)(H,23,27). The number of nitrogens with one attached hydrogen (secondary N) is 2. The molecule has 1 heterocycles. The Bertz CT molecular complexity index is 891. The Morgan fingerprint density at radius 2 is 1.93 bits per heavy atom. The second kappa shape index (κ2) is 10.4. The Labute approximate surface area is 172 Å². The lowest BCUT2D eigenvalue weighted by Crippen LogP contribution is -2.43. The lowest BCUT2D eigenvalue weighted by Gasteiger charge is -2.19. The molecule has 28 heavy (non-hydrogen) atoms. The fourth-order valence-corrected chi connectivity index (χ4v) is 2.71. The van der Waals surface area contributed by atoms with Crippen molar-refractivity contribution in [3.05, 3.63) is 58.0 Å². The first-order chi connectivity index (χ1) is 13.4. The Hall–Kier alpha value is -2.95. The summed E-state index contributed by atoms with van der Waals surface area (Å²) in [5.41, 5.74) is 0.189. The molecule has 0 radical (unpaired) electrons. The van der Waals surface area contributed by atoms with E-state index in [4.69, 9.17) is 34.0 Å². The van der Waals surface area contributed by atoms with Crippen LogP contribution < -0.4 is 10.6 Å². The van der Waals surface area contributed by atoms with E-state index in [0.29, 0.717) is 10.8 Å². The molecule has 0 spiro atoms. The van der Waals surface area contributed by atoms with E-state index in [2.05, 4.69) is 16.6 Å². The first-order valence-corrected chi connectivity index (χ1v) is 8.90. The minimum Gasteiger partial charge on any atom is -0.467 e. The zero-order chi connectivity index (χ0) is 20.5. The quantitative estimate of drug-likeness (QED) is 0.638. The average molecular weight is 422 g/mol. The van der Waals surface area contributed by atoms with Crippen molar-refractivity contribution in [3.8, 4) is 12.3 Å². The molecule has 0 saturated carbocycles. The topological polar surface area (TPSA) is 91.7 Å². The predicted octanol–water partition coefficient (Wildman–Crippen LogP) is 2.09. The van der Waals surface area contributed by atoms with Crippen LogP contribution >= 0.6 is 23.2 Å². The Morgan fingerprint density at radius 3 is 2.57 bits per heavy atom. The fourth-order valence-electron chi connectivity index (χ4n) is 2.21. The fraction of sp³-hybridized carbons (Fsp3) is 0.211. The molecule has 0 saturated heterocycles. The summed E-state index contributed by atoms with van der Waals surface area (Å²) in [5.74, 6) is 1.51. The first kappa shape index (κ1) is 21.4. The number of nitrogens with zero attached hydrogens (tertiary/aromatic N) is 1. The van der Waals surface area contributed by atoms with Crippen LogP contribution in [0.1, 0.15) is 16.1 Å². The van der Waals surface area contributed by atoms with Crippen LogP contribution in [0.2, 0.25) is 10.0 Å². The van der Waals surface area contributed by atoms with Gasteiger partial charge in [0.2, 0.25) is 11.8 Å². The summed E-state index contributed by atoms with van der Waals surface area (Å²) >= 11 is 11.7. The van der Waals surface area contributed by atoms with Gasteiger partial charge >= 0.3 is 0 Å². The SMILES string of the molecule is C#CCN(Cc1ccco1)C(=O)CNC(=O)CNC(=O)c1ccc(Cl)cc1Cl. The molecule has 0 aliphatic heterocycles. The lowest BCUT2D eigenvalue weighted by atomic mass is 10.2. The van der Waals surface area contributed by atoms with Gasteiger partial charge in [0.1, 0.15) is 5.76 Å². The second-order valence-electron chi connectivity index (χ2n) is 5.62. The van der Waals surface area contributed by atoms with Gasteiger partial charge in [-0.15, -0.1) is 6.42 Å². The van der Waals surface area contributed by atoms with Gasteiger partial charge in [-0.25, -0.2) is 0 Å². The summed E-state index contributed by atoms with van der Waals surface area (Å²) in [4.78, 5) is 37.6. The van der Waals surface area contributed by atoms with E-state index in [1.807, 2.05) is 0 Å². The third-order valence-corrected chi connectivity index (χ3v) is 4.13. The van der Waals surface area contributed by atoms with Crippen molar-refractivity contribution < 1.29 is 18.8 Å². The molecule has 146 valence electrons. The summed E-state index contributed by atoms with van der Waals surface area (Å²) in [5, 5.41) is 5.42. The van der Waals surface area contributed by atoms with E-state index in [9.17, 15) is 14.4 Å². The third kappa shape index (κ3) is 6.34. The Kier molecular flexibility index (Phi) is 7.93. The van der Waals surface area contributed by atoms with Crippen LogP contribution in [-0.2, 0) is 16.1 Å². The van der Waals surface area contributed by atoms with Crippen molar-refractivity contribution in [1.29, 1.82) is 0 Å². The van der Waals surface area contributed by atoms with Crippen molar-refractivity contribution in [3.63, 3.8) is 0 Å². The number of halogens is 2. The van der Waals surface area contributed by atoms with Gasteiger partial charge in [0.15, 0.2) is 0 Å². The van der Waals surface area contributed by atoms with Crippen LogP contribution in [-0.4, -0.2) is 42.3 Å². The van der Waals surface area contributed by atoms with E-state index in [1.54, 1.807) is 12.1 Å². The van der Waals surface area contributed by atoms with E-state index in [-0.39, 0.29) is 42.7 Å². The van der Waals surface area contributed by atoms with E-state index in [0.717, 1.165) is 0 Å². The van der Waals surface area contributed by atoms with Gasteiger partial charge < -0.3 is 20.0 Å². The predicted molar refractivity (Wildman–Crippen MR) is 105 cm³/mol. The van der Waals surface area contributed by atoms with Crippen LogP contribution in [0.25, 0.3) is 0 Å². The van der Waals surface area contributed by atoms with Gasteiger partial charge in [0, 0.05) is 5.02 Å². The van der Waals surface area contributed by atoms with Crippen molar-refractivity contribution in [2.45, 2.75) is 6.54 Å². The molecule has 1 aromatic carbocycles. The molecule has 0 atom stereocenters. The molecule has 0 bridgehead atoms. The lowest BCUT2D eigenvalue weighted by molar-refractivity contribution is -0.132. The number of terminal acetylenes is 1. The second-order valence-corrected chi connectivity index (χ2v) is 6.46. The molecule has 2 aromatic rings. The summed E-state index contributed by atoms with van der Waals surface area (Å²) in [6.45, 7) is -0.323. The number of benzene rings is 1. The van der Waals surface area contributed by atoms with E-state index < -0.39 is 11.8 Å². The highest BCUT2D eigenvalue weighted by Gasteiger charge is 2.16. The number of hydrogen-bond donors (Lipinski definition) is 2. The highest BCUT2D eigenvalue weighted by molar-refractivity contribution is 6.36. The monoisotopic (exact) mass is 421 g/mol. The maximum absolute atomic E-state index is 12.3. The smallest absolute Gasteiger partial charge is 0.253 e. The molecule has 7 nitrogen and oxygen atoms in total. The Morgan fingerprint density at radius 1 is 1.14 bits per heavy atom. The molecule has 0 aliphatic rings. The molecule has 0 aliphatic carbocycles.